The molecule has 0 bridgehead atoms. The van der Waals surface area contributed by atoms with Gasteiger partial charge in [0.2, 0.25) is 5.91 Å². The van der Waals surface area contributed by atoms with Gasteiger partial charge in [0, 0.05) is 6.42 Å². The number of carbonyl (C=O) groups is 1. The summed E-state index contributed by atoms with van der Waals surface area (Å²) in [6.45, 7) is 3.80. The van der Waals surface area contributed by atoms with Gasteiger partial charge >= 0.3 is 0 Å². The van der Waals surface area contributed by atoms with E-state index in [1.165, 1.54) is 5.56 Å². The number of unbranched alkanes of at least 4 members (excludes halogenated alkanes) is 2. The van der Waals surface area contributed by atoms with E-state index in [0.717, 1.165) is 24.8 Å². The zero-order valence-electron chi connectivity index (χ0n) is 13.5. The van der Waals surface area contributed by atoms with Gasteiger partial charge in [-0.1, -0.05) is 61.7 Å². The van der Waals surface area contributed by atoms with E-state index < -0.39 is 12.1 Å². The highest BCUT2D eigenvalue weighted by molar-refractivity contribution is 5.76. The highest BCUT2D eigenvalue weighted by Crippen LogP contribution is 2.07. The number of amides is 1. The van der Waals surface area contributed by atoms with Crippen LogP contribution in [-0.2, 0) is 4.79 Å². The number of aliphatic hydroxyl groups is 2. The Bertz CT molecular complexity index is 468. The number of aryl methyl sites for hydroxylation is 1. The van der Waals surface area contributed by atoms with Crippen LogP contribution in [0.5, 0.6) is 0 Å². The maximum Gasteiger partial charge on any atom is 0.220 e. The van der Waals surface area contributed by atoms with Gasteiger partial charge in [-0.05, 0) is 18.9 Å². The molecule has 0 heterocycles. The molecule has 2 atom stereocenters. The second kappa shape index (κ2) is 10.1. The monoisotopic (exact) mass is 305 g/mol. The Kier molecular flexibility index (Phi) is 8.48. The SMILES string of the molecule is CCCCCC(=O)N[C@@H](CO)[C@H](O)/C=C/c1ccc(C)cc1. The molecule has 0 fully saturated rings. The summed E-state index contributed by atoms with van der Waals surface area (Å²) in [6.07, 6.45) is 5.79. The molecule has 1 amide bonds. The molecule has 3 N–H and O–H groups in total. The molecule has 22 heavy (non-hydrogen) atoms. The van der Waals surface area contributed by atoms with Gasteiger partial charge in [-0.25, -0.2) is 0 Å². The summed E-state index contributed by atoms with van der Waals surface area (Å²) in [5.74, 6) is -0.129. The topological polar surface area (TPSA) is 69.6 Å². The highest BCUT2D eigenvalue weighted by atomic mass is 16.3. The molecular formula is C18H27NO3. The number of hydrogen-bond donors (Lipinski definition) is 3. The van der Waals surface area contributed by atoms with Gasteiger partial charge in [0.1, 0.15) is 0 Å². The fourth-order valence-corrected chi connectivity index (χ4v) is 2.07. The van der Waals surface area contributed by atoms with Gasteiger partial charge in [0.05, 0.1) is 18.8 Å². The van der Waals surface area contributed by atoms with Crippen molar-refractivity contribution < 1.29 is 15.0 Å². The fraction of sp³-hybridized carbons (Fsp3) is 0.500. The molecule has 1 aromatic carbocycles. The summed E-state index contributed by atoms with van der Waals surface area (Å²) in [7, 11) is 0. The Morgan fingerprint density at radius 2 is 1.95 bits per heavy atom. The molecule has 0 radical (unpaired) electrons. The zero-order valence-corrected chi connectivity index (χ0v) is 13.5. The van der Waals surface area contributed by atoms with Crippen LogP contribution in [0.15, 0.2) is 30.3 Å². The molecule has 0 saturated carbocycles. The number of nitrogens with one attached hydrogen (secondary N) is 1. The van der Waals surface area contributed by atoms with Gasteiger partial charge in [0.25, 0.3) is 0 Å². The molecule has 0 unspecified atom stereocenters. The predicted molar refractivity (Wildman–Crippen MR) is 89.4 cm³/mol. The van der Waals surface area contributed by atoms with Crippen LogP contribution in [-0.4, -0.2) is 34.9 Å². The quantitative estimate of drug-likeness (QED) is 0.614. The molecule has 1 rings (SSSR count). The lowest BCUT2D eigenvalue weighted by Crippen LogP contribution is -2.45. The Morgan fingerprint density at radius 1 is 1.27 bits per heavy atom. The first-order chi connectivity index (χ1) is 10.6. The van der Waals surface area contributed by atoms with Crippen molar-refractivity contribution in [3.63, 3.8) is 0 Å². The largest absolute Gasteiger partial charge is 0.394 e. The molecule has 4 nitrogen and oxygen atoms in total. The average Bonchev–Trinajstić information content (AvgIpc) is 2.52. The number of benzene rings is 1. The Morgan fingerprint density at radius 3 is 2.55 bits per heavy atom. The van der Waals surface area contributed by atoms with Gasteiger partial charge in [-0.2, -0.15) is 0 Å². The second-order valence-corrected chi connectivity index (χ2v) is 5.57. The summed E-state index contributed by atoms with van der Waals surface area (Å²) in [5, 5.41) is 22.1. The van der Waals surface area contributed by atoms with Crippen LogP contribution in [0.25, 0.3) is 6.08 Å². The minimum absolute atomic E-state index is 0.129. The number of aliphatic hydroxyl groups excluding tert-OH is 2. The second-order valence-electron chi connectivity index (χ2n) is 5.57. The van der Waals surface area contributed by atoms with E-state index in [0.29, 0.717) is 6.42 Å². The molecule has 0 saturated heterocycles. The van der Waals surface area contributed by atoms with Crippen LogP contribution in [0.3, 0.4) is 0 Å². The molecule has 122 valence electrons. The molecule has 4 heteroatoms. The molecule has 1 aromatic rings. The summed E-state index contributed by atoms with van der Waals surface area (Å²) in [6, 6.07) is 7.22. The van der Waals surface area contributed by atoms with E-state index in [4.69, 9.17) is 0 Å². The molecule has 0 aliphatic carbocycles. The minimum Gasteiger partial charge on any atom is -0.394 e. The average molecular weight is 305 g/mol. The van der Waals surface area contributed by atoms with Crippen LogP contribution < -0.4 is 5.32 Å². The van der Waals surface area contributed by atoms with Crippen molar-refractivity contribution in [2.75, 3.05) is 6.61 Å². The zero-order chi connectivity index (χ0) is 16.4. The lowest BCUT2D eigenvalue weighted by molar-refractivity contribution is -0.123. The lowest BCUT2D eigenvalue weighted by Gasteiger charge is -2.19. The van der Waals surface area contributed by atoms with Crippen LogP contribution in [0.4, 0.5) is 0 Å². The van der Waals surface area contributed by atoms with E-state index in [-0.39, 0.29) is 12.5 Å². The van der Waals surface area contributed by atoms with Crippen molar-refractivity contribution in [3.05, 3.63) is 41.5 Å². The van der Waals surface area contributed by atoms with E-state index in [1.54, 1.807) is 12.2 Å². The molecular weight excluding hydrogens is 278 g/mol. The Labute approximate surface area is 132 Å². The molecule has 0 aliphatic heterocycles. The van der Waals surface area contributed by atoms with Gasteiger partial charge in [-0.15, -0.1) is 0 Å². The van der Waals surface area contributed by atoms with Crippen molar-refractivity contribution in [1.82, 2.24) is 5.32 Å². The number of rotatable bonds is 9. The van der Waals surface area contributed by atoms with Gasteiger partial charge < -0.3 is 15.5 Å². The standard InChI is InChI=1S/C18H27NO3/c1-3-4-5-6-18(22)19-16(13-20)17(21)12-11-15-9-7-14(2)8-10-15/h7-12,16-17,20-21H,3-6,13H2,1-2H3,(H,19,22)/b12-11+/t16-,17+/m0/s1. The summed E-state index contributed by atoms with van der Waals surface area (Å²) in [5.41, 5.74) is 2.14. The third kappa shape index (κ3) is 6.87. The van der Waals surface area contributed by atoms with Crippen LogP contribution in [0.2, 0.25) is 0 Å². The lowest BCUT2D eigenvalue weighted by atomic mass is 10.1. The summed E-state index contributed by atoms with van der Waals surface area (Å²) in [4.78, 5) is 11.7. The highest BCUT2D eigenvalue weighted by Gasteiger charge is 2.17. The van der Waals surface area contributed by atoms with E-state index in [1.807, 2.05) is 31.2 Å². The predicted octanol–water partition coefficient (Wildman–Crippen LogP) is 2.43. The number of hydrogen-bond acceptors (Lipinski definition) is 3. The van der Waals surface area contributed by atoms with Gasteiger partial charge in [-0.3, -0.25) is 4.79 Å². The first kappa shape index (κ1) is 18.4. The Hall–Kier alpha value is -1.65. The van der Waals surface area contributed by atoms with Crippen molar-refractivity contribution in [2.45, 2.75) is 51.7 Å². The first-order valence-corrected chi connectivity index (χ1v) is 7.90. The van der Waals surface area contributed by atoms with E-state index >= 15 is 0 Å². The smallest absolute Gasteiger partial charge is 0.220 e. The minimum atomic E-state index is -0.915. The fourth-order valence-electron chi connectivity index (χ4n) is 2.07. The number of carbonyl (C=O) groups excluding carboxylic acids is 1. The van der Waals surface area contributed by atoms with Crippen LogP contribution in [0, 0.1) is 6.92 Å². The molecule has 0 aliphatic rings. The maximum atomic E-state index is 11.7. The first-order valence-electron chi connectivity index (χ1n) is 7.90. The molecule has 0 spiro atoms. The van der Waals surface area contributed by atoms with Crippen LogP contribution in [0.1, 0.15) is 43.7 Å². The van der Waals surface area contributed by atoms with E-state index in [2.05, 4.69) is 12.2 Å². The van der Waals surface area contributed by atoms with Crippen LogP contribution >= 0.6 is 0 Å². The summed E-state index contributed by atoms with van der Waals surface area (Å²) < 4.78 is 0. The molecule has 0 aromatic heterocycles. The van der Waals surface area contributed by atoms with E-state index in [9.17, 15) is 15.0 Å². The summed E-state index contributed by atoms with van der Waals surface area (Å²) >= 11 is 0. The van der Waals surface area contributed by atoms with Crippen molar-refractivity contribution >= 4 is 12.0 Å². The normalized spacial score (nSPS) is 14.0. The third-order valence-corrected chi connectivity index (χ3v) is 3.53. The van der Waals surface area contributed by atoms with Crippen molar-refractivity contribution in [3.8, 4) is 0 Å². The van der Waals surface area contributed by atoms with Gasteiger partial charge in [0.15, 0.2) is 0 Å². The Balaban J connectivity index is 2.51. The van der Waals surface area contributed by atoms with Crippen molar-refractivity contribution in [1.29, 1.82) is 0 Å². The maximum absolute atomic E-state index is 11.7. The third-order valence-electron chi connectivity index (χ3n) is 3.53. The van der Waals surface area contributed by atoms with Crippen molar-refractivity contribution in [2.24, 2.45) is 0 Å².